The first-order valence-electron chi connectivity index (χ1n) is 9.47. The molecule has 0 spiro atoms. The van der Waals surface area contributed by atoms with Crippen molar-refractivity contribution in [2.75, 3.05) is 19.8 Å². The van der Waals surface area contributed by atoms with E-state index in [1.165, 1.54) is 0 Å². The summed E-state index contributed by atoms with van der Waals surface area (Å²) >= 11 is 0. The minimum Gasteiger partial charge on any atom is -0.493 e. The third-order valence-corrected chi connectivity index (χ3v) is 4.94. The molecule has 2 N–H and O–H groups in total. The van der Waals surface area contributed by atoms with Gasteiger partial charge in [-0.15, -0.1) is 0 Å². The Hall–Kier alpha value is -2.86. The van der Waals surface area contributed by atoms with Crippen LogP contribution >= 0.6 is 0 Å². The number of hydrogen-bond acceptors (Lipinski definition) is 4. The van der Waals surface area contributed by atoms with Gasteiger partial charge in [-0.3, -0.25) is 9.59 Å². The van der Waals surface area contributed by atoms with Crippen LogP contribution in [0, 0.1) is 0 Å². The highest BCUT2D eigenvalue weighted by Gasteiger charge is 2.36. The Balaban J connectivity index is 1.85. The molecular formula is C22H25NO5. The Kier molecular flexibility index (Phi) is 6.31. The number of para-hydroxylation sites is 1. The van der Waals surface area contributed by atoms with Crippen molar-refractivity contribution >= 4 is 11.9 Å². The van der Waals surface area contributed by atoms with Crippen LogP contribution in [0.1, 0.15) is 36.5 Å². The van der Waals surface area contributed by atoms with Gasteiger partial charge in [0, 0.05) is 24.3 Å². The van der Waals surface area contributed by atoms with Crippen LogP contribution in [0.3, 0.4) is 0 Å². The molecule has 1 amide bonds. The van der Waals surface area contributed by atoms with Crippen molar-refractivity contribution in [2.45, 2.75) is 31.7 Å². The van der Waals surface area contributed by atoms with Gasteiger partial charge in [0.15, 0.2) is 0 Å². The summed E-state index contributed by atoms with van der Waals surface area (Å²) < 4.78 is 11.0. The van der Waals surface area contributed by atoms with Crippen LogP contribution < -0.4 is 10.1 Å². The predicted molar refractivity (Wildman–Crippen MR) is 106 cm³/mol. The lowest BCUT2D eigenvalue weighted by Crippen LogP contribution is -2.53. The molecule has 2 aromatic carbocycles. The highest BCUT2D eigenvalue weighted by Crippen LogP contribution is 2.31. The summed E-state index contributed by atoms with van der Waals surface area (Å²) in [6, 6.07) is 15.0. The number of amides is 1. The normalized spacial score (nSPS) is 15.6. The van der Waals surface area contributed by atoms with Crippen molar-refractivity contribution in [3.8, 4) is 16.9 Å². The average Bonchev–Trinajstić information content (AvgIpc) is 2.69. The average molecular weight is 383 g/mol. The van der Waals surface area contributed by atoms with E-state index >= 15 is 0 Å². The molecule has 6 nitrogen and oxygen atoms in total. The molecule has 3 rings (SSSR count). The fourth-order valence-corrected chi connectivity index (χ4v) is 3.53. The van der Waals surface area contributed by atoms with Gasteiger partial charge in [0.2, 0.25) is 0 Å². The van der Waals surface area contributed by atoms with E-state index in [9.17, 15) is 14.7 Å². The highest BCUT2D eigenvalue weighted by atomic mass is 16.5. The smallest absolute Gasteiger partial charge is 0.305 e. The molecule has 1 aliphatic rings. The lowest BCUT2D eigenvalue weighted by Gasteiger charge is -2.36. The lowest BCUT2D eigenvalue weighted by atomic mass is 9.86. The second-order valence-corrected chi connectivity index (χ2v) is 6.93. The SMILES string of the molecule is CCOc1ccccc1-c1cccc(C(=O)NC2(CC(=O)O)CCOCC2)c1. The van der Waals surface area contributed by atoms with Gasteiger partial charge in [-0.1, -0.05) is 30.3 Å². The third kappa shape index (κ3) is 4.70. The molecule has 0 aliphatic carbocycles. The maximum absolute atomic E-state index is 12.9. The van der Waals surface area contributed by atoms with Crippen molar-refractivity contribution in [1.82, 2.24) is 5.32 Å². The van der Waals surface area contributed by atoms with Crippen LogP contribution in [0.15, 0.2) is 48.5 Å². The number of rotatable bonds is 7. The second kappa shape index (κ2) is 8.89. The van der Waals surface area contributed by atoms with Gasteiger partial charge in [0.25, 0.3) is 5.91 Å². The summed E-state index contributed by atoms with van der Waals surface area (Å²) in [5.41, 5.74) is 1.49. The Morgan fingerprint density at radius 2 is 1.89 bits per heavy atom. The minimum absolute atomic E-state index is 0.116. The molecular weight excluding hydrogens is 358 g/mol. The van der Waals surface area contributed by atoms with Crippen molar-refractivity contribution in [2.24, 2.45) is 0 Å². The van der Waals surface area contributed by atoms with Gasteiger partial charge < -0.3 is 19.9 Å². The van der Waals surface area contributed by atoms with E-state index in [0.717, 1.165) is 16.9 Å². The van der Waals surface area contributed by atoms with E-state index in [-0.39, 0.29) is 12.3 Å². The summed E-state index contributed by atoms with van der Waals surface area (Å²) in [5.74, 6) is -0.449. The molecule has 1 saturated heterocycles. The third-order valence-electron chi connectivity index (χ3n) is 4.94. The fraction of sp³-hybridized carbons (Fsp3) is 0.364. The first kappa shape index (κ1) is 19.9. The van der Waals surface area contributed by atoms with Crippen LogP contribution in [-0.2, 0) is 9.53 Å². The number of ether oxygens (including phenoxy) is 2. The van der Waals surface area contributed by atoms with Gasteiger partial charge in [-0.05, 0) is 43.5 Å². The number of nitrogens with one attached hydrogen (secondary N) is 1. The summed E-state index contributed by atoms with van der Waals surface area (Å²) in [4.78, 5) is 24.2. The number of hydrogen-bond donors (Lipinski definition) is 2. The molecule has 1 fully saturated rings. The summed E-state index contributed by atoms with van der Waals surface area (Å²) in [7, 11) is 0. The van der Waals surface area contributed by atoms with Crippen molar-refractivity contribution in [3.63, 3.8) is 0 Å². The number of carbonyl (C=O) groups excluding carboxylic acids is 1. The number of benzene rings is 2. The standard InChI is InChI=1S/C22H25NO5/c1-2-28-19-9-4-3-8-18(19)16-6-5-7-17(14-16)21(26)23-22(15-20(24)25)10-12-27-13-11-22/h3-9,14H,2,10-13,15H2,1H3,(H,23,26)(H,24,25). The van der Waals surface area contributed by atoms with Crippen LogP contribution in [0.5, 0.6) is 5.75 Å². The maximum atomic E-state index is 12.9. The second-order valence-electron chi connectivity index (χ2n) is 6.93. The Morgan fingerprint density at radius 1 is 1.14 bits per heavy atom. The molecule has 0 bridgehead atoms. The van der Waals surface area contributed by atoms with E-state index in [4.69, 9.17) is 9.47 Å². The molecule has 148 valence electrons. The van der Waals surface area contributed by atoms with Gasteiger partial charge in [0.05, 0.1) is 18.6 Å². The molecule has 0 aromatic heterocycles. The fourth-order valence-electron chi connectivity index (χ4n) is 3.53. The molecule has 28 heavy (non-hydrogen) atoms. The minimum atomic E-state index is -0.929. The number of carbonyl (C=O) groups is 2. The molecule has 0 unspecified atom stereocenters. The number of carboxylic acids is 1. The van der Waals surface area contributed by atoms with Gasteiger partial charge in [0.1, 0.15) is 5.75 Å². The van der Waals surface area contributed by atoms with Gasteiger partial charge in [-0.2, -0.15) is 0 Å². The van der Waals surface area contributed by atoms with Gasteiger partial charge >= 0.3 is 5.97 Å². The van der Waals surface area contributed by atoms with Crippen LogP contribution in [0.2, 0.25) is 0 Å². The number of carboxylic acid groups (broad SMARTS) is 1. The number of aliphatic carboxylic acids is 1. The molecule has 6 heteroatoms. The lowest BCUT2D eigenvalue weighted by molar-refractivity contribution is -0.139. The maximum Gasteiger partial charge on any atom is 0.305 e. The zero-order valence-corrected chi connectivity index (χ0v) is 15.9. The van der Waals surface area contributed by atoms with Crippen LogP contribution in [0.4, 0.5) is 0 Å². The zero-order chi connectivity index (χ0) is 20.0. The Bertz CT molecular complexity index is 842. The Labute approximate surface area is 164 Å². The summed E-state index contributed by atoms with van der Waals surface area (Å²) in [6.07, 6.45) is 0.852. The summed E-state index contributed by atoms with van der Waals surface area (Å²) in [6.45, 7) is 3.36. The van der Waals surface area contributed by atoms with Gasteiger partial charge in [-0.25, -0.2) is 0 Å². The van der Waals surface area contributed by atoms with Crippen LogP contribution in [0.25, 0.3) is 11.1 Å². The topological polar surface area (TPSA) is 84.9 Å². The first-order chi connectivity index (χ1) is 13.5. The van der Waals surface area contributed by atoms with E-state index < -0.39 is 11.5 Å². The molecule has 0 saturated carbocycles. The Morgan fingerprint density at radius 3 is 2.61 bits per heavy atom. The monoisotopic (exact) mass is 383 g/mol. The van der Waals surface area contributed by atoms with E-state index in [1.807, 2.05) is 43.3 Å². The van der Waals surface area contributed by atoms with Crippen molar-refractivity contribution in [1.29, 1.82) is 0 Å². The van der Waals surface area contributed by atoms with E-state index in [2.05, 4.69) is 5.32 Å². The quantitative estimate of drug-likeness (QED) is 0.764. The largest absolute Gasteiger partial charge is 0.493 e. The van der Waals surface area contributed by atoms with E-state index in [0.29, 0.717) is 38.2 Å². The molecule has 0 radical (unpaired) electrons. The van der Waals surface area contributed by atoms with E-state index in [1.54, 1.807) is 12.1 Å². The molecule has 2 aromatic rings. The molecule has 0 atom stereocenters. The predicted octanol–water partition coefficient (Wildman–Crippen LogP) is 3.51. The van der Waals surface area contributed by atoms with Crippen molar-refractivity contribution < 1.29 is 24.2 Å². The van der Waals surface area contributed by atoms with Crippen molar-refractivity contribution in [3.05, 3.63) is 54.1 Å². The zero-order valence-electron chi connectivity index (χ0n) is 15.9. The molecule has 1 heterocycles. The van der Waals surface area contributed by atoms with Crippen LogP contribution in [-0.4, -0.2) is 42.3 Å². The first-order valence-corrected chi connectivity index (χ1v) is 9.47. The highest BCUT2D eigenvalue weighted by molar-refractivity contribution is 5.96. The summed E-state index contributed by atoms with van der Waals surface area (Å²) in [5, 5.41) is 12.2. The molecule has 1 aliphatic heterocycles.